The second-order valence-corrected chi connectivity index (χ2v) is 11.2. The number of rotatable bonds is 7. The van der Waals surface area contributed by atoms with E-state index in [9.17, 15) is 33.7 Å². The highest BCUT2D eigenvalue weighted by Crippen LogP contribution is 2.12. The van der Waals surface area contributed by atoms with Gasteiger partial charge in [-0.05, 0) is 95.2 Å². The number of ether oxygens (including phenoxy) is 6. The van der Waals surface area contributed by atoms with Gasteiger partial charge in [0, 0.05) is 0 Å². The molecule has 0 radical (unpaired) electrons. The smallest absolute Gasteiger partial charge is 0.510 e. The van der Waals surface area contributed by atoms with Crippen LogP contribution >= 0.6 is 0 Å². The molecular formula is C27H46N2O14. The standard InChI is InChI=1S/C11H19NO5.C10H18O5.C6H9NO4/c1-6-16-9(14)8(7(2)13)12-10(15)17-11(3,4)5;1-9(2,3)14-7(11)13-8(12)15-10(4,5)6;1-3-11-6(9)5(7-10)4(2)8/h8H,6H2,1-5H3,(H,12,15);1-6H3;8H,3H2,1-2H3. The van der Waals surface area contributed by atoms with Gasteiger partial charge in [-0.3, -0.25) is 4.79 Å². The number of esters is 2. The molecule has 0 fully saturated rings. The van der Waals surface area contributed by atoms with E-state index in [4.69, 9.17) is 19.3 Å². The van der Waals surface area contributed by atoms with Crippen LogP contribution in [-0.2, 0) is 42.8 Å². The van der Waals surface area contributed by atoms with Gasteiger partial charge >= 0.3 is 30.3 Å². The van der Waals surface area contributed by atoms with E-state index >= 15 is 0 Å². The largest absolute Gasteiger partial charge is 0.519 e. The Kier molecular flexibility index (Phi) is 19.9. The van der Waals surface area contributed by atoms with Crippen molar-refractivity contribution in [3.63, 3.8) is 0 Å². The van der Waals surface area contributed by atoms with E-state index in [0.29, 0.717) is 0 Å². The Bertz CT molecular complexity index is 969. The normalized spacial score (nSPS) is 12.1. The fraction of sp³-hybridized carbons (Fsp3) is 0.704. The Morgan fingerprint density at radius 2 is 1.12 bits per heavy atom. The number of aliphatic hydroxyl groups is 1. The molecule has 0 saturated carbocycles. The van der Waals surface area contributed by atoms with Gasteiger partial charge in [0.15, 0.2) is 11.8 Å². The molecule has 43 heavy (non-hydrogen) atoms. The second kappa shape index (κ2) is 19.8. The van der Waals surface area contributed by atoms with Crippen LogP contribution in [0.1, 0.15) is 90.0 Å². The second-order valence-electron chi connectivity index (χ2n) is 11.2. The van der Waals surface area contributed by atoms with E-state index in [0.717, 1.165) is 0 Å². The van der Waals surface area contributed by atoms with Crippen LogP contribution in [0.3, 0.4) is 0 Å². The van der Waals surface area contributed by atoms with Gasteiger partial charge in [-0.2, -0.15) is 0 Å². The molecule has 2 N–H and O–H groups in total. The summed E-state index contributed by atoms with van der Waals surface area (Å²) in [5.74, 6) is -2.62. The van der Waals surface area contributed by atoms with E-state index in [1.807, 2.05) is 0 Å². The molecule has 0 aliphatic carbocycles. The molecule has 16 nitrogen and oxygen atoms in total. The first kappa shape index (κ1) is 43.2. The topological polar surface area (TPSA) is 219 Å². The number of carbonyl (C=O) groups excluding carboxylic acids is 6. The lowest BCUT2D eigenvalue weighted by Gasteiger charge is -2.21. The van der Waals surface area contributed by atoms with Gasteiger partial charge < -0.3 is 38.8 Å². The minimum absolute atomic E-state index is 0.138. The lowest BCUT2D eigenvalue weighted by Crippen LogP contribution is -2.48. The Balaban J connectivity index is -0.000000571. The Labute approximate surface area is 251 Å². The maximum Gasteiger partial charge on any atom is 0.519 e. The number of hydrogen-bond acceptors (Lipinski definition) is 15. The van der Waals surface area contributed by atoms with Crippen LogP contribution in [0.25, 0.3) is 0 Å². The van der Waals surface area contributed by atoms with Crippen molar-refractivity contribution in [3.05, 3.63) is 16.4 Å². The number of allylic oxidation sites excluding steroid dienone is 1. The minimum Gasteiger partial charge on any atom is -0.510 e. The number of nitrogens with zero attached hydrogens (tertiary/aromatic N) is 1. The van der Waals surface area contributed by atoms with Crippen LogP contribution in [0.15, 0.2) is 16.6 Å². The molecular weight excluding hydrogens is 576 g/mol. The predicted octanol–water partition coefficient (Wildman–Crippen LogP) is 5.01. The van der Waals surface area contributed by atoms with E-state index in [-0.39, 0.29) is 13.2 Å². The molecule has 1 atom stereocenters. The first-order valence-corrected chi connectivity index (χ1v) is 13.0. The molecule has 0 rings (SSSR count). The highest BCUT2D eigenvalue weighted by atomic mass is 16.8. The van der Waals surface area contributed by atoms with Gasteiger partial charge in [-0.1, -0.05) is 0 Å². The van der Waals surface area contributed by atoms with Crippen LogP contribution in [0, 0.1) is 4.91 Å². The SMILES string of the molecule is CC(C)(C)OC(=O)OC(=O)OC(C)(C)C.CCOC(=O)C(N=O)=C(C)O.CCOC(=O)C(NC(=O)OC(C)(C)C)C(C)=O. The third-order valence-corrected chi connectivity index (χ3v) is 3.44. The van der Waals surface area contributed by atoms with Gasteiger partial charge in [-0.25, -0.2) is 24.0 Å². The quantitative estimate of drug-likeness (QED) is 0.0952. The first-order valence-electron chi connectivity index (χ1n) is 13.0. The van der Waals surface area contributed by atoms with Crippen molar-refractivity contribution in [1.82, 2.24) is 5.32 Å². The number of ketones is 1. The zero-order chi connectivity index (χ0) is 34.8. The monoisotopic (exact) mass is 622 g/mol. The van der Waals surface area contributed by atoms with Gasteiger partial charge in [0.05, 0.1) is 13.2 Å². The summed E-state index contributed by atoms with van der Waals surface area (Å²) in [6.07, 6.45) is -2.95. The summed E-state index contributed by atoms with van der Waals surface area (Å²) in [6.45, 7) is 20.9. The minimum atomic E-state index is -1.32. The molecule has 0 heterocycles. The van der Waals surface area contributed by atoms with Crippen LogP contribution < -0.4 is 5.32 Å². The summed E-state index contributed by atoms with van der Waals surface area (Å²) < 4.78 is 27.8. The average Bonchev–Trinajstić information content (AvgIpc) is 2.74. The van der Waals surface area contributed by atoms with E-state index in [1.54, 1.807) is 76.2 Å². The summed E-state index contributed by atoms with van der Waals surface area (Å²) in [6, 6.07) is -1.32. The number of aliphatic hydroxyl groups excluding tert-OH is 1. The zero-order valence-electron chi connectivity index (χ0n) is 27.2. The van der Waals surface area contributed by atoms with Crippen molar-refractivity contribution in [2.24, 2.45) is 5.18 Å². The lowest BCUT2D eigenvalue weighted by molar-refractivity contribution is -0.148. The molecule has 0 spiro atoms. The number of hydrogen-bond donors (Lipinski definition) is 2. The van der Waals surface area contributed by atoms with Crippen molar-refractivity contribution in [2.75, 3.05) is 13.2 Å². The molecule has 1 unspecified atom stereocenters. The van der Waals surface area contributed by atoms with Gasteiger partial charge in [0.1, 0.15) is 22.6 Å². The van der Waals surface area contributed by atoms with Crippen molar-refractivity contribution < 1.29 is 62.3 Å². The van der Waals surface area contributed by atoms with Gasteiger partial charge in [-0.15, -0.1) is 4.91 Å². The molecule has 0 aromatic carbocycles. The maximum atomic E-state index is 11.4. The summed E-state index contributed by atoms with van der Waals surface area (Å²) in [7, 11) is 0. The van der Waals surface area contributed by atoms with Crippen LogP contribution in [0.4, 0.5) is 14.4 Å². The predicted molar refractivity (Wildman–Crippen MR) is 152 cm³/mol. The van der Waals surface area contributed by atoms with E-state index < -0.39 is 70.4 Å². The molecule has 0 aliphatic rings. The van der Waals surface area contributed by atoms with Crippen molar-refractivity contribution in [1.29, 1.82) is 0 Å². The highest BCUT2D eigenvalue weighted by Gasteiger charge is 2.29. The molecule has 0 bridgehead atoms. The number of carbonyl (C=O) groups is 6. The Hall–Kier alpha value is -4.24. The van der Waals surface area contributed by atoms with Crippen LogP contribution in [-0.4, -0.2) is 77.3 Å². The van der Waals surface area contributed by atoms with Crippen LogP contribution in [0.2, 0.25) is 0 Å². The lowest BCUT2D eigenvalue weighted by atomic mass is 10.2. The fourth-order valence-corrected chi connectivity index (χ4v) is 2.04. The zero-order valence-corrected chi connectivity index (χ0v) is 27.2. The third-order valence-electron chi connectivity index (χ3n) is 3.44. The molecule has 0 aromatic rings. The fourth-order valence-electron chi connectivity index (χ4n) is 2.04. The number of nitroso groups, excluding NO2 is 1. The summed E-state index contributed by atoms with van der Waals surface area (Å²) in [5, 5.41) is 13.2. The Morgan fingerprint density at radius 3 is 1.40 bits per heavy atom. The summed E-state index contributed by atoms with van der Waals surface area (Å²) in [5.41, 5.74) is -2.66. The molecule has 0 aromatic heterocycles. The van der Waals surface area contributed by atoms with Gasteiger partial charge in [0.25, 0.3) is 0 Å². The van der Waals surface area contributed by atoms with Crippen molar-refractivity contribution in [2.45, 2.75) is 113 Å². The maximum absolute atomic E-state index is 11.4. The third kappa shape index (κ3) is 26.4. The van der Waals surface area contributed by atoms with Crippen molar-refractivity contribution in [3.8, 4) is 0 Å². The molecule has 248 valence electrons. The summed E-state index contributed by atoms with van der Waals surface area (Å²) in [4.78, 5) is 76.5. The average molecular weight is 623 g/mol. The van der Waals surface area contributed by atoms with Crippen LogP contribution in [0.5, 0.6) is 0 Å². The number of amides is 1. The number of Topliss-reactive ketones (excluding diaryl/α,β-unsaturated/α-hetero) is 1. The molecule has 16 heteroatoms. The molecule has 0 aliphatic heterocycles. The van der Waals surface area contributed by atoms with Crippen molar-refractivity contribution >= 4 is 36.1 Å². The van der Waals surface area contributed by atoms with Gasteiger partial charge in [0.2, 0.25) is 5.70 Å². The van der Waals surface area contributed by atoms with E-state index in [2.05, 4.69) is 24.7 Å². The Morgan fingerprint density at radius 1 is 0.721 bits per heavy atom. The number of alkyl carbamates (subject to hydrolysis) is 1. The molecule has 0 saturated heterocycles. The van der Waals surface area contributed by atoms with E-state index in [1.165, 1.54) is 13.8 Å². The molecule has 1 amide bonds. The summed E-state index contributed by atoms with van der Waals surface area (Å²) >= 11 is 0. The first-order chi connectivity index (χ1) is 19.3. The number of nitrogens with one attached hydrogen (secondary N) is 1. The highest BCUT2D eigenvalue weighted by molar-refractivity contribution is 6.04.